The molecule has 7 nitrogen and oxygen atoms in total. The van der Waals surface area contributed by atoms with E-state index in [-0.39, 0.29) is 17.3 Å². The average molecular weight is 339 g/mol. The number of nitro benzene ring substituents is 1. The Hall–Kier alpha value is -1.80. The first-order valence-electron chi connectivity index (χ1n) is 7.49. The van der Waals surface area contributed by atoms with Gasteiger partial charge in [-0.2, -0.15) is 0 Å². The summed E-state index contributed by atoms with van der Waals surface area (Å²) < 4.78 is 4.97. The predicted octanol–water partition coefficient (Wildman–Crippen LogP) is 1.70. The van der Waals surface area contributed by atoms with Gasteiger partial charge in [-0.25, -0.2) is 0 Å². The summed E-state index contributed by atoms with van der Waals surface area (Å²) in [6.07, 6.45) is 2.26. The Morgan fingerprint density at radius 1 is 1.57 bits per heavy atom. The molecule has 1 amide bonds. The number of ether oxygens (including phenoxy) is 1. The Morgan fingerprint density at radius 2 is 2.39 bits per heavy atom. The van der Waals surface area contributed by atoms with Gasteiger partial charge in [0.1, 0.15) is 0 Å². The van der Waals surface area contributed by atoms with Crippen molar-refractivity contribution in [3.63, 3.8) is 0 Å². The second kappa shape index (κ2) is 8.73. The number of hydrogen-bond donors (Lipinski definition) is 2. The number of carbonyl (C=O) groups is 1. The minimum atomic E-state index is -0.464. The number of carbonyl (C=O) groups excluding carboxylic acids is 1. The van der Waals surface area contributed by atoms with Crippen molar-refractivity contribution in [2.45, 2.75) is 24.6 Å². The van der Waals surface area contributed by atoms with Gasteiger partial charge in [-0.15, -0.1) is 11.8 Å². The number of hydrogen-bond acceptors (Lipinski definition) is 6. The zero-order chi connectivity index (χ0) is 16.7. The summed E-state index contributed by atoms with van der Waals surface area (Å²) in [5, 5.41) is 17.2. The minimum absolute atomic E-state index is 0.00767. The van der Waals surface area contributed by atoms with E-state index in [1.165, 1.54) is 24.9 Å². The van der Waals surface area contributed by atoms with Gasteiger partial charge in [0, 0.05) is 24.4 Å². The van der Waals surface area contributed by atoms with Gasteiger partial charge in [0.15, 0.2) is 5.75 Å². The second-order valence-corrected chi connectivity index (χ2v) is 6.34. The largest absolute Gasteiger partial charge is 0.490 e. The Balaban J connectivity index is 1.75. The quantitative estimate of drug-likeness (QED) is 0.553. The number of thioether (sulfide) groups is 1. The van der Waals surface area contributed by atoms with Crippen LogP contribution in [-0.2, 0) is 10.5 Å². The van der Waals surface area contributed by atoms with E-state index < -0.39 is 4.92 Å². The highest BCUT2D eigenvalue weighted by Gasteiger charge is 2.16. The summed E-state index contributed by atoms with van der Waals surface area (Å²) in [4.78, 5) is 22.3. The van der Waals surface area contributed by atoms with Crippen LogP contribution in [0.3, 0.4) is 0 Å². The van der Waals surface area contributed by atoms with Gasteiger partial charge in [0.25, 0.3) is 0 Å². The van der Waals surface area contributed by atoms with Crippen LogP contribution in [0, 0.1) is 10.1 Å². The SMILES string of the molecule is COc1ccc(CSCC(=O)NCC2CCCN2)cc1[N+](=O)[O-]. The molecular formula is C15H21N3O4S. The highest BCUT2D eigenvalue weighted by molar-refractivity contribution is 7.99. The maximum atomic E-state index is 11.8. The van der Waals surface area contributed by atoms with Gasteiger partial charge in [0.2, 0.25) is 5.91 Å². The monoisotopic (exact) mass is 339 g/mol. The van der Waals surface area contributed by atoms with E-state index in [1.54, 1.807) is 12.1 Å². The standard InChI is InChI=1S/C15H21N3O4S/c1-22-14-5-4-11(7-13(14)18(20)21)9-23-10-15(19)17-8-12-3-2-6-16-12/h4-5,7,12,16H,2-3,6,8-10H2,1H3,(H,17,19). The van der Waals surface area contributed by atoms with Crippen LogP contribution in [0.4, 0.5) is 5.69 Å². The lowest BCUT2D eigenvalue weighted by Gasteiger charge is -2.11. The van der Waals surface area contributed by atoms with E-state index >= 15 is 0 Å². The van der Waals surface area contributed by atoms with Crippen LogP contribution in [0.1, 0.15) is 18.4 Å². The van der Waals surface area contributed by atoms with E-state index in [0.29, 0.717) is 24.1 Å². The molecule has 1 atom stereocenters. The number of nitrogens with one attached hydrogen (secondary N) is 2. The first-order valence-corrected chi connectivity index (χ1v) is 8.64. The van der Waals surface area contributed by atoms with Crippen molar-refractivity contribution in [3.8, 4) is 5.75 Å². The number of rotatable bonds is 8. The molecule has 2 rings (SSSR count). The number of methoxy groups -OCH3 is 1. The molecule has 0 radical (unpaired) electrons. The molecule has 0 aliphatic carbocycles. The summed E-state index contributed by atoms with van der Waals surface area (Å²) in [5.41, 5.74) is 0.745. The van der Waals surface area contributed by atoms with Crippen molar-refractivity contribution < 1.29 is 14.5 Å². The number of benzene rings is 1. The normalized spacial score (nSPS) is 17.0. The van der Waals surface area contributed by atoms with Crippen LogP contribution >= 0.6 is 11.8 Å². The Bertz CT molecular complexity index is 562. The molecular weight excluding hydrogens is 318 g/mol. The predicted molar refractivity (Wildman–Crippen MR) is 89.8 cm³/mol. The lowest BCUT2D eigenvalue weighted by atomic mass is 10.2. The number of nitrogens with zero attached hydrogens (tertiary/aromatic N) is 1. The van der Waals surface area contributed by atoms with Crippen molar-refractivity contribution in [2.24, 2.45) is 0 Å². The topological polar surface area (TPSA) is 93.5 Å². The van der Waals surface area contributed by atoms with E-state index in [4.69, 9.17) is 4.74 Å². The minimum Gasteiger partial charge on any atom is -0.490 e. The van der Waals surface area contributed by atoms with Crippen LogP contribution in [0.5, 0.6) is 5.75 Å². The fraction of sp³-hybridized carbons (Fsp3) is 0.533. The van der Waals surface area contributed by atoms with Crippen LogP contribution in [0.2, 0.25) is 0 Å². The molecule has 2 N–H and O–H groups in total. The summed E-state index contributed by atoms with van der Waals surface area (Å²) in [7, 11) is 1.40. The zero-order valence-corrected chi connectivity index (χ0v) is 13.9. The van der Waals surface area contributed by atoms with Gasteiger partial charge in [-0.1, -0.05) is 6.07 Å². The van der Waals surface area contributed by atoms with E-state index in [1.807, 2.05) is 0 Å². The molecule has 1 aromatic carbocycles. The molecule has 1 heterocycles. The van der Waals surface area contributed by atoms with Crippen LogP contribution in [0.25, 0.3) is 0 Å². The smallest absolute Gasteiger partial charge is 0.311 e. The fourth-order valence-corrected chi connectivity index (χ4v) is 3.25. The van der Waals surface area contributed by atoms with Crippen molar-refractivity contribution in [1.29, 1.82) is 0 Å². The van der Waals surface area contributed by atoms with Crippen molar-refractivity contribution >= 4 is 23.4 Å². The Morgan fingerprint density at radius 3 is 3.04 bits per heavy atom. The molecule has 0 saturated carbocycles. The summed E-state index contributed by atoms with van der Waals surface area (Å²) >= 11 is 1.43. The van der Waals surface area contributed by atoms with Gasteiger partial charge >= 0.3 is 5.69 Å². The Kier molecular flexibility index (Phi) is 6.66. The molecule has 1 aliphatic rings. The van der Waals surface area contributed by atoms with Gasteiger partial charge in [-0.3, -0.25) is 14.9 Å². The third-order valence-electron chi connectivity index (χ3n) is 3.65. The van der Waals surface area contributed by atoms with E-state index in [9.17, 15) is 14.9 Å². The van der Waals surface area contributed by atoms with Crippen molar-refractivity contribution in [3.05, 3.63) is 33.9 Å². The molecule has 1 saturated heterocycles. The molecule has 1 aromatic rings. The Labute approximate surface area is 139 Å². The van der Waals surface area contributed by atoms with Gasteiger partial charge in [-0.05, 0) is 31.0 Å². The van der Waals surface area contributed by atoms with Crippen LogP contribution in [0.15, 0.2) is 18.2 Å². The highest BCUT2D eigenvalue weighted by atomic mass is 32.2. The molecule has 8 heteroatoms. The van der Waals surface area contributed by atoms with Crippen LogP contribution < -0.4 is 15.4 Å². The van der Waals surface area contributed by atoms with E-state index in [0.717, 1.165) is 24.9 Å². The summed E-state index contributed by atoms with van der Waals surface area (Å²) in [6.45, 7) is 1.68. The first-order chi connectivity index (χ1) is 11.1. The fourth-order valence-electron chi connectivity index (χ4n) is 2.45. The molecule has 1 aliphatic heterocycles. The molecule has 0 aromatic heterocycles. The molecule has 1 unspecified atom stereocenters. The molecule has 0 spiro atoms. The van der Waals surface area contributed by atoms with Crippen molar-refractivity contribution in [2.75, 3.05) is 26.0 Å². The second-order valence-electron chi connectivity index (χ2n) is 5.35. The highest BCUT2D eigenvalue weighted by Crippen LogP contribution is 2.28. The van der Waals surface area contributed by atoms with Gasteiger partial charge < -0.3 is 15.4 Å². The third-order valence-corrected chi connectivity index (χ3v) is 4.65. The summed E-state index contributed by atoms with van der Waals surface area (Å²) in [5.74, 6) is 1.12. The molecule has 126 valence electrons. The lowest BCUT2D eigenvalue weighted by molar-refractivity contribution is -0.385. The molecule has 23 heavy (non-hydrogen) atoms. The van der Waals surface area contributed by atoms with Crippen LogP contribution in [-0.4, -0.2) is 42.8 Å². The third kappa shape index (κ3) is 5.40. The number of amides is 1. The van der Waals surface area contributed by atoms with E-state index in [2.05, 4.69) is 10.6 Å². The molecule has 0 bridgehead atoms. The maximum absolute atomic E-state index is 11.8. The summed E-state index contributed by atoms with van der Waals surface area (Å²) in [6, 6.07) is 5.23. The van der Waals surface area contributed by atoms with Gasteiger partial charge in [0.05, 0.1) is 17.8 Å². The van der Waals surface area contributed by atoms with Crippen molar-refractivity contribution in [1.82, 2.24) is 10.6 Å². The average Bonchev–Trinajstić information content (AvgIpc) is 3.06. The zero-order valence-electron chi connectivity index (χ0n) is 13.0. The number of nitro groups is 1. The lowest BCUT2D eigenvalue weighted by Crippen LogP contribution is -2.37. The molecule has 1 fully saturated rings. The first kappa shape index (κ1) is 17.6. The maximum Gasteiger partial charge on any atom is 0.311 e.